The second-order valence-electron chi connectivity index (χ2n) is 7.26. The summed E-state index contributed by atoms with van der Waals surface area (Å²) in [5, 5.41) is 0. The summed E-state index contributed by atoms with van der Waals surface area (Å²) in [6.45, 7) is 3.33. The molecule has 1 amide bonds. The molecular weight excluding hydrogens is 680 g/mol. The van der Waals surface area contributed by atoms with Crippen LogP contribution in [0.25, 0.3) is 11.6 Å². The first-order chi connectivity index (χ1) is 15.0. The minimum absolute atomic E-state index is 0.0728. The highest BCUT2D eigenvalue weighted by atomic mass is 127. The molecule has 3 aromatic rings. The van der Waals surface area contributed by atoms with E-state index in [1.807, 2.05) is 59.5 Å². The Morgan fingerprint density at radius 3 is 2.39 bits per heavy atom. The predicted molar refractivity (Wildman–Crippen MR) is 147 cm³/mol. The Hall–Kier alpha value is -1.39. The highest BCUT2D eigenvalue weighted by Crippen LogP contribution is 2.38. The van der Waals surface area contributed by atoms with Crippen LogP contribution in [0, 0.1) is 7.14 Å². The van der Waals surface area contributed by atoms with Crippen LogP contribution < -0.4 is 9.64 Å². The van der Waals surface area contributed by atoms with Crippen LogP contribution in [0.1, 0.15) is 30.0 Å². The van der Waals surface area contributed by atoms with E-state index in [0.29, 0.717) is 6.61 Å². The van der Waals surface area contributed by atoms with Gasteiger partial charge in [-0.05, 0) is 99.1 Å². The minimum Gasteiger partial charge on any atom is -0.487 e. The van der Waals surface area contributed by atoms with Gasteiger partial charge in [0.15, 0.2) is 0 Å². The van der Waals surface area contributed by atoms with Crippen molar-refractivity contribution < 1.29 is 9.53 Å². The lowest BCUT2D eigenvalue weighted by Crippen LogP contribution is -2.26. The number of benzene rings is 3. The SMILES string of the molecule is CCCN1C(=O)/C(=C\c2cc(I)c(OCc3ccc(Br)cc3)c(I)c2)c2ccccc21. The van der Waals surface area contributed by atoms with Crippen molar-refractivity contribution in [2.45, 2.75) is 20.0 Å². The predicted octanol–water partition coefficient (Wildman–Crippen LogP) is 7.53. The summed E-state index contributed by atoms with van der Waals surface area (Å²) < 4.78 is 9.22. The zero-order valence-electron chi connectivity index (χ0n) is 16.9. The molecule has 0 radical (unpaired) electrons. The van der Waals surface area contributed by atoms with Crippen molar-refractivity contribution in [2.24, 2.45) is 0 Å². The number of nitrogens with zero attached hydrogens (tertiary/aromatic N) is 1. The molecule has 0 bridgehead atoms. The van der Waals surface area contributed by atoms with Crippen LogP contribution in [0.4, 0.5) is 5.69 Å². The number of fused-ring (bicyclic) bond motifs is 1. The standard InChI is InChI=1S/C25H20BrI2NO2/c1-2-11-29-23-6-4-3-5-19(23)20(25(29)30)12-17-13-21(27)24(22(28)14-17)31-15-16-7-9-18(26)10-8-16/h3-10,12-14H,2,11,15H2,1H3/b20-12-. The molecular formula is C25H20BrI2NO2. The molecule has 3 aromatic carbocycles. The number of anilines is 1. The van der Waals surface area contributed by atoms with Crippen LogP contribution in [0.5, 0.6) is 5.75 Å². The lowest BCUT2D eigenvalue weighted by Gasteiger charge is -2.15. The van der Waals surface area contributed by atoms with Crippen molar-refractivity contribution in [3.63, 3.8) is 0 Å². The van der Waals surface area contributed by atoms with Gasteiger partial charge in [0.05, 0.1) is 12.8 Å². The zero-order chi connectivity index (χ0) is 22.0. The molecule has 158 valence electrons. The van der Waals surface area contributed by atoms with E-state index in [4.69, 9.17) is 4.74 Å². The largest absolute Gasteiger partial charge is 0.487 e. The Kier molecular flexibility index (Phi) is 7.38. The molecule has 0 spiro atoms. The first-order valence-corrected chi connectivity index (χ1v) is 12.9. The third-order valence-electron chi connectivity index (χ3n) is 5.04. The molecule has 0 unspecified atom stereocenters. The van der Waals surface area contributed by atoms with Gasteiger partial charge in [0, 0.05) is 22.2 Å². The highest BCUT2D eigenvalue weighted by molar-refractivity contribution is 14.1. The number of amides is 1. The smallest absolute Gasteiger partial charge is 0.258 e. The van der Waals surface area contributed by atoms with Gasteiger partial charge >= 0.3 is 0 Å². The lowest BCUT2D eigenvalue weighted by molar-refractivity contribution is -0.113. The molecule has 31 heavy (non-hydrogen) atoms. The molecule has 1 aliphatic rings. The second-order valence-corrected chi connectivity index (χ2v) is 10.5. The molecule has 0 N–H and O–H groups in total. The summed E-state index contributed by atoms with van der Waals surface area (Å²) in [7, 11) is 0. The number of ether oxygens (including phenoxy) is 1. The molecule has 6 heteroatoms. The fraction of sp³-hybridized carbons (Fsp3) is 0.160. The molecule has 0 atom stereocenters. The van der Waals surface area contributed by atoms with E-state index in [1.54, 1.807) is 0 Å². The molecule has 1 heterocycles. The fourth-order valence-electron chi connectivity index (χ4n) is 3.60. The van der Waals surface area contributed by atoms with E-state index >= 15 is 0 Å². The summed E-state index contributed by atoms with van der Waals surface area (Å²) in [6.07, 6.45) is 2.92. The Balaban J connectivity index is 1.61. The average molecular weight is 700 g/mol. The van der Waals surface area contributed by atoms with Crippen LogP contribution in [0.15, 0.2) is 65.1 Å². The van der Waals surface area contributed by atoms with Gasteiger partial charge in [0.2, 0.25) is 0 Å². The number of para-hydroxylation sites is 1. The van der Waals surface area contributed by atoms with E-state index in [-0.39, 0.29) is 5.91 Å². The van der Waals surface area contributed by atoms with Gasteiger partial charge in [-0.2, -0.15) is 0 Å². The summed E-state index contributed by atoms with van der Waals surface area (Å²) in [4.78, 5) is 15.0. The summed E-state index contributed by atoms with van der Waals surface area (Å²) in [6, 6.07) is 20.3. The molecule has 1 aliphatic heterocycles. The topological polar surface area (TPSA) is 29.5 Å². The number of hydrogen-bond donors (Lipinski definition) is 0. The molecule has 0 fully saturated rings. The second kappa shape index (κ2) is 10.0. The van der Waals surface area contributed by atoms with E-state index in [0.717, 1.165) is 58.3 Å². The van der Waals surface area contributed by atoms with Crippen molar-refractivity contribution in [3.05, 3.63) is 89.0 Å². The van der Waals surface area contributed by atoms with Gasteiger partial charge in [-0.25, -0.2) is 0 Å². The molecule has 0 saturated heterocycles. The summed E-state index contributed by atoms with van der Waals surface area (Å²) >= 11 is 8.07. The van der Waals surface area contributed by atoms with Crippen LogP contribution in [-0.4, -0.2) is 12.5 Å². The molecule has 4 rings (SSSR count). The fourth-order valence-corrected chi connectivity index (χ4v) is 5.99. The van der Waals surface area contributed by atoms with Gasteiger partial charge in [0.1, 0.15) is 12.4 Å². The number of hydrogen-bond acceptors (Lipinski definition) is 2. The maximum Gasteiger partial charge on any atom is 0.258 e. The third kappa shape index (κ3) is 5.01. The zero-order valence-corrected chi connectivity index (χ0v) is 22.8. The number of halogens is 3. The molecule has 0 saturated carbocycles. The first-order valence-electron chi connectivity index (χ1n) is 9.97. The van der Waals surface area contributed by atoms with Crippen molar-refractivity contribution in [1.29, 1.82) is 0 Å². The average Bonchev–Trinajstić information content (AvgIpc) is 3.01. The van der Waals surface area contributed by atoms with Gasteiger partial charge in [-0.15, -0.1) is 0 Å². The number of carbonyl (C=O) groups is 1. The quantitative estimate of drug-likeness (QED) is 0.197. The van der Waals surface area contributed by atoms with Crippen LogP contribution in [0.2, 0.25) is 0 Å². The van der Waals surface area contributed by atoms with Crippen LogP contribution >= 0.6 is 61.1 Å². The minimum atomic E-state index is 0.0728. The van der Waals surface area contributed by atoms with E-state index < -0.39 is 0 Å². The third-order valence-corrected chi connectivity index (χ3v) is 7.17. The van der Waals surface area contributed by atoms with Gasteiger partial charge in [-0.3, -0.25) is 4.79 Å². The van der Waals surface area contributed by atoms with Gasteiger partial charge in [0.25, 0.3) is 5.91 Å². The van der Waals surface area contributed by atoms with E-state index in [1.165, 1.54) is 0 Å². The monoisotopic (exact) mass is 699 g/mol. The van der Waals surface area contributed by atoms with Gasteiger partial charge < -0.3 is 9.64 Å². The highest BCUT2D eigenvalue weighted by Gasteiger charge is 2.31. The molecule has 0 aromatic heterocycles. The van der Waals surface area contributed by atoms with Crippen LogP contribution in [0.3, 0.4) is 0 Å². The lowest BCUT2D eigenvalue weighted by atomic mass is 10.0. The Bertz CT molecular complexity index is 1140. The van der Waals surface area contributed by atoms with Gasteiger partial charge in [-0.1, -0.05) is 53.2 Å². The molecule has 3 nitrogen and oxygen atoms in total. The van der Waals surface area contributed by atoms with Crippen molar-refractivity contribution >= 4 is 84.4 Å². The Morgan fingerprint density at radius 2 is 1.71 bits per heavy atom. The van der Waals surface area contributed by atoms with Crippen molar-refractivity contribution in [2.75, 3.05) is 11.4 Å². The van der Waals surface area contributed by atoms with Crippen molar-refractivity contribution in [3.8, 4) is 5.75 Å². The maximum atomic E-state index is 13.1. The summed E-state index contributed by atoms with van der Waals surface area (Å²) in [5.41, 5.74) is 4.87. The Morgan fingerprint density at radius 1 is 1.03 bits per heavy atom. The Labute approximate surface area is 218 Å². The van der Waals surface area contributed by atoms with Crippen molar-refractivity contribution in [1.82, 2.24) is 0 Å². The first kappa shape index (κ1) is 22.8. The molecule has 0 aliphatic carbocycles. The van der Waals surface area contributed by atoms with E-state index in [2.05, 4.69) is 80.2 Å². The normalized spacial score (nSPS) is 14.3. The number of rotatable bonds is 6. The summed E-state index contributed by atoms with van der Waals surface area (Å²) in [5.74, 6) is 0.945. The van der Waals surface area contributed by atoms with Crippen LogP contribution in [-0.2, 0) is 11.4 Å². The number of carbonyl (C=O) groups excluding carboxylic acids is 1. The van der Waals surface area contributed by atoms with E-state index in [9.17, 15) is 4.79 Å². The maximum absolute atomic E-state index is 13.1.